The maximum Gasteiger partial charge on any atom is 0.0540 e. The molecule has 0 aromatic rings. The molecule has 1 saturated carbocycles. The second-order valence-electron chi connectivity index (χ2n) is 10.2. The van der Waals surface area contributed by atoms with Crippen molar-refractivity contribution in [3.8, 4) is 0 Å². The lowest BCUT2D eigenvalue weighted by Gasteiger charge is -2.10. The zero-order chi connectivity index (χ0) is 21.0. The van der Waals surface area contributed by atoms with Crippen LogP contribution in [0.15, 0.2) is 0 Å². The van der Waals surface area contributed by atoms with E-state index < -0.39 is 0 Å². The van der Waals surface area contributed by atoms with Crippen molar-refractivity contribution >= 4 is 0 Å². The molecule has 0 spiro atoms. The van der Waals surface area contributed by atoms with Crippen LogP contribution in [0.25, 0.3) is 0 Å². The summed E-state index contributed by atoms with van der Waals surface area (Å²) in [5.74, 6) is 2.19. The lowest BCUT2D eigenvalue weighted by molar-refractivity contribution is 0.147. The molecular weight excluding hydrogens is 352 g/mol. The third-order valence-corrected chi connectivity index (χ3v) is 7.25. The smallest absolute Gasteiger partial charge is 0.0540 e. The molecule has 0 aromatic heterocycles. The fourth-order valence-corrected chi connectivity index (χ4v) is 5.00. The Balaban J connectivity index is 1.75. The minimum atomic E-state index is -0.0279. The number of rotatable bonds is 23. The summed E-state index contributed by atoms with van der Waals surface area (Å²) < 4.78 is 0. The van der Waals surface area contributed by atoms with Crippen LogP contribution < -0.4 is 0 Å². The van der Waals surface area contributed by atoms with Crippen LogP contribution in [-0.4, -0.2) is 11.2 Å². The highest BCUT2D eigenvalue weighted by atomic mass is 16.3. The van der Waals surface area contributed by atoms with E-state index in [-0.39, 0.29) is 6.10 Å². The summed E-state index contributed by atoms with van der Waals surface area (Å²) in [6.07, 6.45) is 31.6. The van der Waals surface area contributed by atoms with Crippen LogP contribution in [0.4, 0.5) is 0 Å². The van der Waals surface area contributed by atoms with Gasteiger partial charge in [-0.05, 0) is 31.1 Å². The molecule has 1 aliphatic carbocycles. The van der Waals surface area contributed by atoms with E-state index in [9.17, 15) is 5.11 Å². The minimum absolute atomic E-state index is 0.0279. The molecule has 0 aromatic carbocycles. The first kappa shape index (κ1) is 27.0. The van der Waals surface area contributed by atoms with Crippen molar-refractivity contribution in [3.63, 3.8) is 0 Å². The number of aliphatic hydroxyl groups excluding tert-OH is 1. The van der Waals surface area contributed by atoms with Gasteiger partial charge in [-0.1, -0.05) is 142 Å². The van der Waals surface area contributed by atoms with Crippen LogP contribution in [-0.2, 0) is 0 Å². The molecule has 29 heavy (non-hydrogen) atoms. The summed E-state index contributed by atoms with van der Waals surface area (Å²) in [6, 6.07) is 0. The quantitative estimate of drug-likeness (QED) is 0.167. The molecule has 1 rings (SSSR count). The van der Waals surface area contributed by atoms with Crippen LogP contribution in [0.2, 0.25) is 0 Å². The second kappa shape index (κ2) is 19.9. The molecule has 3 atom stereocenters. The third-order valence-electron chi connectivity index (χ3n) is 7.25. The van der Waals surface area contributed by atoms with E-state index >= 15 is 0 Å². The summed E-state index contributed by atoms with van der Waals surface area (Å²) in [5.41, 5.74) is 0. The van der Waals surface area contributed by atoms with Gasteiger partial charge in [0.05, 0.1) is 6.10 Å². The van der Waals surface area contributed by atoms with Crippen LogP contribution in [0.1, 0.15) is 162 Å². The van der Waals surface area contributed by atoms with Crippen LogP contribution in [0.3, 0.4) is 0 Å². The Morgan fingerprint density at radius 1 is 0.517 bits per heavy atom. The molecule has 0 bridgehead atoms. The zero-order valence-corrected chi connectivity index (χ0v) is 20.4. The van der Waals surface area contributed by atoms with Crippen molar-refractivity contribution < 1.29 is 5.11 Å². The molecule has 1 aliphatic rings. The summed E-state index contributed by atoms with van der Waals surface area (Å²) >= 11 is 0. The van der Waals surface area contributed by atoms with E-state index in [4.69, 9.17) is 0 Å². The number of hydrogen-bond donors (Lipinski definition) is 1. The van der Waals surface area contributed by atoms with Crippen molar-refractivity contribution in [2.75, 3.05) is 0 Å². The Bertz CT molecular complexity index is 320. The first-order chi connectivity index (χ1) is 14.3. The number of hydrogen-bond acceptors (Lipinski definition) is 1. The van der Waals surface area contributed by atoms with Gasteiger partial charge < -0.3 is 5.11 Å². The number of aliphatic hydroxyl groups is 1. The maximum absolute atomic E-state index is 10.1. The third kappa shape index (κ3) is 17.3. The summed E-state index contributed by atoms with van der Waals surface area (Å²) in [4.78, 5) is 0. The Hall–Kier alpha value is -0.0400. The van der Waals surface area contributed by atoms with Crippen molar-refractivity contribution in [3.05, 3.63) is 0 Å². The highest BCUT2D eigenvalue weighted by Crippen LogP contribution is 2.45. The zero-order valence-electron chi connectivity index (χ0n) is 20.4. The Morgan fingerprint density at radius 2 is 0.862 bits per heavy atom. The molecule has 0 saturated heterocycles. The van der Waals surface area contributed by atoms with Crippen LogP contribution in [0.5, 0.6) is 0 Å². The van der Waals surface area contributed by atoms with Gasteiger partial charge in [0.2, 0.25) is 0 Å². The van der Waals surface area contributed by atoms with Gasteiger partial charge in [0.1, 0.15) is 0 Å². The summed E-state index contributed by atoms with van der Waals surface area (Å²) in [7, 11) is 0. The van der Waals surface area contributed by atoms with Crippen molar-refractivity contribution in [1.82, 2.24) is 0 Å². The lowest BCUT2D eigenvalue weighted by atomic mass is 10.0. The molecule has 0 amide bonds. The monoisotopic (exact) mass is 408 g/mol. The average Bonchev–Trinajstić information content (AvgIpc) is 3.47. The van der Waals surface area contributed by atoms with Crippen LogP contribution >= 0.6 is 0 Å². The predicted octanol–water partition coefficient (Wildman–Crippen LogP) is 9.61. The molecular formula is C28H56O. The largest absolute Gasteiger partial charge is 0.393 e. The normalized spacial score (nSPS) is 19.6. The molecule has 0 unspecified atom stereocenters. The average molecular weight is 409 g/mol. The SMILES string of the molecule is CCCCCCCCC[C@H](O)CCCCCCC[C@@H]1C[C@H]1CCCCCCCC. The highest BCUT2D eigenvalue weighted by Gasteiger charge is 2.34. The molecule has 1 heteroatoms. The van der Waals surface area contributed by atoms with Crippen molar-refractivity contribution in [1.29, 1.82) is 0 Å². The molecule has 174 valence electrons. The Morgan fingerprint density at radius 3 is 1.28 bits per heavy atom. The van der Waals surface area contributed by atoms with Gasteiger partial charge in [0.15, 0.2) is 0 Å². The highest BCUT2D eigenvalue weighted by molar-refractivity contribution is 4.85. The Kier molecular flexibility index (Phi) is 18.5. The summed E-state index contributed by atoms with van der Waals surface area (Å²) in [6.45, 7) is 4.58. The van der Waals surface area contributed by atoms with Gasteiger partial charge in [-0.25, -0.2) is 0 Å². The molecule has 1 fully saturated rings. The van der Waals surface area contributed by atoms with E-state index in [1.807, 2.05) is 0 Å². The topological polar surface area (TPSA) is 20.2 Å². The summed E-state index contributed by atoms with van der Waals surface area (Å²) in [5, 5.41) is 10.1. The van der Waals surface area contributed by atoms with E-state index in [1.54, 1.807) is 6.42 Å². The van der Waals surface area contributed by atoms with Gasteiger partial charge in [0.25, 0.3) is 0 Å². The molecule has 1 N–H and O–H groups in total. The molecule has 0 heterocycles. The number of unbranched alkanes of at least 4 members (excludes halogenated alkanes) is 15. The first-order valence-corrected chi connectivity index (χ1v) is 14.0. The van der Waals surface area contributed by atoms with Gasteiger partial charge in [-0.3, -0.25) is 0 Å². The van der Waals surface area contributed by atoms with E-state index in [2.05, 4.69) is 13.8 Å². The minimum Gasteiger partial charge on any atom is -0.393 e. The standard InChI is InChI=1S/C28H56O/c1-3-5-7-9-11-15-19-23-28(29)24-20-16-12-14-18-22-27-25-26(27)21-17-13-10-8-6-4-2/h26-29H,3-25H2,1-2H3/t26-,27-,28+/m1/s1. The molecule has 1 nitrogen and oxygen atoms in total. The van der Waals surface area contributed by atoms with E-state index in [0.717, 1.165) is 24.7 Å². The van der Waals surface area contributed by atoms with Crippen LogP contribution in [0, 0.1) is 11.8 Å². The fraction of sp³-hybridized carbons (Fsp3) is 1.00. The fourth-order valence-electron chi connectivity index (χ4n) is 5.00. The predicted molar refractivity (Wildman–Crippen MR) is 131 cm³/mol. The van der Waals surface area contributed by atoms with Crippen molar-refractivity contribution in [2.24, 2.45) is 11.8 Å². The van der Waals surface area contributed by atoms with Gasteiger partial charge >= 0.3 is 0 Å². The van der Waals surface area contributed by atoms with Gasteiger partial charge in [0, 0.05) is 0 Å². The second-order valence-corrected chi connectivity index (χ2v) is 10.2. The van der Waals surface area contributed by atoms with Crippen molar-refractivity contribution in [2.45, 2.75) is 168 Å². The maximum atomic E-state index is 10.1. The van der Waals surface area contributed by atoms with E-state index in [1.165, 1.54) is 128 Å². The van der Waals surface area contributed by atoms with Gasteiger partial charge in [-0.2, -0.15) is 0 Å². The van der Waals surface area contributed by atoms with Gasteiger partial charge in [-0.15, -0.1) is 0 Å². The first-order valence-electron chi connectivity index (χ1n) is 14.0. The molecule has 0 aliphatic heterocycles. The molecule has 0 radical (unpaired) electrons. The van der Waals surface area contributed by atoms with E-state index in [0.29, 0.717) is 0 Å². The Labute approximate surface area is 184 Å². The lowest BCUT2D eigenvalue weighted by Crippen LogP contribution is -2.05.